The van der Waals surface area contributed by atoms with E-state index in [4.69, 9.17) is 21.3 Å². The van der Waals surface area contributed by atoms with Crippen LogP contribution in [-0.4, -0.2) is 18.1 Å². The average molecular weight is 439 g/mol. The molecule has 1 aliphatic heterocycles. The fourth-order valence-corrected chi connectivity index (χ4v) is 6.17. The largest absolute Gasteiger partial charge is 0.399 e. The average Bonchev–Trinajstić information content (AvgIpc) is 3.01. The quantitative estimate of drug-likeness (QED) is 0.536. The monoisotopic (exact) mass is 438 g/mol. The van der Waals surface area contributed by atoms with Crippen molar-refractivity contribution in [1.82, 2.24) is 5.06 Å². The van der Waals surface area contributed by atoms with Crippen LogP contribution in [0.2, 0.25) is 0 Å². The van der Waals surface area contributed by atoms with Gasteiger partial charge in [0.15, 0.2) is 0 Å². The SMILES string of the molecule is CN1OC2(N=C1N)c1cc(-c3cccc(N)c3)ccc1CCC21CCc2ccccc2CC1. The molecule has 6 rings (SSSR count). The maximum atomic E-state index is 6.67. The van der Waals surface area contributed by atoms with Crippen molar-refractivity contribution in [2.24, 2.45) is 16.1 Å². The summed E-state index contributed by atoms with van der Waals surface area (Å²) in [4.78, 5) is 11.8. The fraction of sp³-hybridized carbons (Fsp3) is 0.321. The topological polar surface area (TPSA) is 76.9 Å². The molecule has 0 aromatic heterocycles. The Morgan fingerprint density at radius 1 is 0.788 bits per heavy atom. The first-order valence-electron chi connectivity index (χ1n) is 11.8. The molecular weight excluding hydrogens is 408 g/mol. The summed E-state index contributed by atoms with van der Waals surface area (Å²) in [6, 6.07) is 23.6. The minimum atomic E-state index is -0.808. The molecule has 0 saturated heterocycles. The molecule has 5 nitrogen and oxygen atoms in total. The number of nitrogen functional groups attached to an aromatic ring is 1. The highest BCUT2D eigenvalue weighted by molar-refractivity contribution is 5.79. The van der Waals surface area contributed by atoms with Crippen LogP contribution >= 0.6 is 0 Å². The van der Waals surface area contributed by atoms with E-state index in [-0.39, 0.29) is 5.41 Å². The van der Waals surface area contributed by atoms with Gasteiger partial charge in [-0.15, -0.1) is 0 Å². The third kappa shape index (κ3) is 3.06. The number of anilines is 1. The highest BCUT2D eigenvalue weighted by atomic mass is 16.7. The van der Waals surface area contributed by atoms with Crippen molar-refractivity contribution in [2.45, 2.75) is 44.2 Å². The van der Waals surface area contributed by atoms with Gasteiger partial charge in [-0.05, 0) is 84.5 Å². The van der Waals surface area contributed by atoms with Crippen molar-refractivity contribution >= 4 is 11.6 Å². The number of aliphatic imine (C=N–C) groups is 1. The number of nitrogens with two attached hydrogens (primary N) is 2. The van der Waals surface area contributed by atoms with Gasteiger partial charge in [-0.1, -0.05) is 48.5 Å². The lowest BCUT2D eigenvalue weighted by Crippen LogP contribution is -2.50. The van der Waals surface area contributed by atoms with Crippen LogP contribution in [0, 0.1) is 5.41 Å². The van der Waals surface area contributed by atoms with Gasteiger partial charge in [0.25, 0.3) is 0 Å². The Labute approximate surface area is 195 Å². The van der Waals surface area contributed by atoms with Crippen molar-refractivity contribution in [3.63, 3.8) is 0 Å². The van der Waals surface area contributed by atoms with Gasteiger partial charge < -0.3 is 11.5 Å². The molecule has 0 bridgehead atoms. The molecule has 3 aliphatic rings. The van der Waals surface area contributed by atoms with Gasteiger partial charge >= 0.3 is 0 Å². The first kappa shape index (κ1) is 20.3. The van der Waals surface area contributed by atoms with Crippen molar-refractivity contribution in [2.75, 3.05) is 12.8 Å². The summed E-state index contributed by atoms with van der Waals surface area (Å²) < 4.78 is 0. The number of aryl methyl sites for hydroxylation is 3. The highest BCUT2D eigenvalue weighted by Crippen LogP contribution is 2.59. The lowest BCUT2D eigenvalue weighted by atomic mass is 9.61. The number of fused-ring (bicyclic) bond motifs is 4. The molecular formula is C28H30N4O. The second-order valence-corrected chi connectivity index (χ2v) is 9.75. The lowest BCUT2D eigenvalue weighted by molar-refractivity contribution is -0.237. The minimum absolute atomic E-state index is 0.122. The molecule has 168 valence electrons. The molecule has 1 heterocycles. The molecule has 0 radical (unpaired) electrons. The Hall–Kier alpha value is -3.31. The van der Waals surface area contributed by atoms with Crippen molar-refractivity contribution < 1.29 is 4.84 Å². The van der Waals surface area contributed by atoms with E-state index in [1.165, 1.54) is 16.7 Å². The molecule has 1 atom stereocenters. The lowest BCUT2D eigenvalue weighted by Gasteiger charge is -2.49. The number of rotatable bonds is 1. The van der Waals surface area contributed by atoms with Crippen LogP contribution in [0.15, 0.2) is 71.7 Å². The summed E-state index contributed by atoms with van der Waals surface area (Å²) in [5.41, 5.74) is 19.8. The first-order chi connectivity index (χ1) is 16.0. The van der Waals surface area contributed by atoms with E-state index in [9.17, 15) is 0 Å². The Balaban J connectivity index is 1.51. The zero-order valence-electron chi connectivity index (χ0n) is 19.1. The number of benzene rings is 3. The van der Waals surface area contributed by atoms with Crippen LogP contribution in [-0.2, 0) is 29.8 Å². The zero-order valence-corrected chi connectivity index (χ0v) is 19.1. The fourth-order valence-electron chi connectivity index (χ4n) is 6.17. The summed E-state index contributed by atoms with van der Waals surface area (Å²) in [5.74, 6) is 0.443. The van der Waals surface area contributed by atoms with Crippen molar-refractivity contribution in [1.29, 1.82) is 0 Å². The molecule has 2 aliphatic carbocycles. The van der Waals surface area contributed by atoms with Crippen LogP contribution in [0.25, 0.3) is 11.1 Å². The van der Waals surface area contributed by atoms with E-state index in [1.54, 1.807) is 5.06 Å². The molecule has 0 fully saturated rings. The van der Waals surface area contributed by atoms with Gasteiger partial charge in [-0.2, -0.15) is 0 Å². The van der Waals surface area contributed by atoms with Gasteiger partial charge in [-0.25, -0.2) is 14.9 Å². The Morgan fingerprint density at radius 2 is 1.45 bits per heavy atom. The molecule has 0 amide bonds. The van der Waals surface area contributed by atoms with Gasteiger partial charge in [-0.3, -0.25) is 0 Å². The van der Waals surface area contributed by atoms with E-state index in [0.29, 0.717) is 5.96 Å². The summed E-state index contributed by atoms with van der Waals surface area (Å²) >= 11 is 0. The summed E-state index contributed by atoms with van der Waals surface area (Å²) in [5, 5.41) is 1.65. The van der Waals surface area contributed by atoms with Crippen LogP contribution in [0.3, 0.4) is 0 Å². The maximum absolute atomic E-state index is 6.67. The molecule has 5 heteroatoms. The van der Waals surface area contributed by atoms with E-state index >= 15 is 0 Å². The summed E-state index contributed by atoms with van der Waals surface area (Å²) in [6.45, 7) is 0. The zero-order chi connectivity index (χ0) is 22.6. The van der Waals surface area contributed by atoms with E-state index in [1.807, 2.05) is 25.2 Å². The molecule has 3 aromatic rings. The number of hydroxylamine groups is 2. The smallest absolute Gasteiger partial charge is 0.220 e. The molecule has 3 aromatic carbocycles. The Kier molecular flexibility index (Phi) is 4.53. The Bertz CT molecular complexity index is 1240. The number of guanidine groups is 1. The van der Waals surface area contributed by atoms with E-state index in [0.717, 1.165) is 60.9 Å². The number of nitrogens with zero attached hydrogens (tertiary/aromatic N) is 2. The van der Waals surface area contributed by atoms with E-state index < -0.39 is 5.72 Å². The third-order valence-corrected chi connectivity index (χ3v) is 8.01. The Morgan fingerprint density at radius 3 is 2.09 bits per heavy atom. The molecule has 0 saturated carbocycles. The van der Waals surface area contributed by atoms with Gasteiger partial charge in [0.2, 0.25) is 11.7 Å². The normalized spacial score (nSPS) is 23.2. The van der Waals surface area contributed by atoms with Gasteiger partial charge in [0.05, 0.1) is 0 Å². The van der Waals surface area contributed by atoms with Crippen LogP contribution < -0.4 is 11.5 Å². The second-order valence-electron chi connectivity index (χ2n) is 9.75. The minimum Gasteiger partial charge on any atom is -0.399 e. The van der Waals surface area contributed by atoms with Gasteiger partial charge in [0, 0.05) is 23.7 Å². The summed E-state index contributed by atoms with van der Waals surface area (Å²) in [6.07, 6.45) is 6.17. The molecule has 4 N–H and O–H groups in total. The first-order valence-corrected chi connectivity index (χ1v) is 11.8. The van der Waals surface area contributed by atoms with Gasteiger partial charge in [0.1, 0.15) is 0 Å². The maximum Gasteiger partial charge on any atom is 0.220 e. The second kappa shape index (κ2) is 7.35. The molecule has 1 unspecified atom stereocenters. The predicted octanol–water partition coefficient (Wildman–Crippen LogP) is 4.79. The van der Waals surface area contributed by atoms with Crippen LogP contribution in [0.4, 0.5) is 5.69 Å². The van der Waals surface area contributed by atoms with Crippen molar-refractivity contribution in [3.8, 4) is 11.1 Å². The molecule has 33 heavy (non-hydrogen) atoms. The highest BCUT2D eigenvalue weighted by Gasteiger charge is 2.60. The molecule has 2 spiro atoms. The predicted molar refractivity (Wildman–Crippen MR) is 132 cm³/mol. The summed E-state index contributed by atoms with van der Waals surface area (Å²) in [7, 11) is 1.86. The standard InChI is InChI=1S/C28H30N4O/c1-32-26(30)31-28(33-32)25-18-23(22-7-4-8-24(29)17-22)10-9-21(25)13-16-27(28)14-11-19-5-2-3-6-20(19)12-15-27/h2-10,17-18H,11-16,29H2,1H3,(H2,30,31). The number of hydrogen-bond donors (Lipinski definition) is 2. The number of hydrogen-bond acceptors (Lipinski definition) is 5. The van der Waals surface area contributed by atoms with Crippen LogP contribution in [0.1, 0.15) is 41.5 Å². The van der Waals surface area contributed by atoms with Crippen molar-refractivity contribution in [3.05, 3.63) is 89.0 Å². The van der Waals surface area contributed by atoms with E-state index in [2.05, 4.69) is 48.5 Å². The van der Waals surface area contributed by atoms with Crippen LogP contribution in [0.5, 0.6) is 0 Å². The third-order valence-electron chi connectivity index (χ3n) is 8.01.